The van der Waals surface area contributed by atoms with E-state index in [1.54, 1.807) is 13.1 Å². The standard InChI is InChI=1S/C11H13BrFN3O2.C2H6/c1-15-9-5-7(12)8(13)4-6(9)11(14)16-3-2-10(17)18;1-2/h4-5,15H,2-3H2,1H3,(H2,14,16)(H,17,18);1-2H3. The summed E-state index contributed by atoms with van der Waals surface area (Å²) in [6, 6.07) is 2.79. The van der Waals surface area contributed by atoms with Crippen LogP contribution >= 0.6 is 15.9 Å². The molecule has 0 unspecified atom stereocenters. The lowest BCUT2D eigenvalue weighted by Gasteiger charge is -2.10. The zero-order valence-electron chi connectivity index (χ0n) is 11.7. The van der Waals surface area contributed by atoms with Gasteiger partial charge < -0.3 is 16.2 Å². The Balaban J connectivity index is 0.00000172. The second-order valence-electron chi connectivity index (χ2n) is 3.47. The highest BCUT2D eigenvalue weighted by molar-refractivity contribution is 9.10. The largest absolute Gasteiger partial charge is 0.481 e. The minimum Gasteiger partial charge on any atom is -0.481 e. The molecular weight excluding hydrogens is 329 g/mol. The molecule has 0 amide bonds. The van der Waals surface area contributed by atoms with Gasteiger partial charge in [0.2, 0.25) is 0 Å². The summed E-state index contributed by atoms with van der Waals surface area (Å²) < 4.78 is 13.7. The van der Waals surface area contributed by atoms with E-state index >= 15 is 0 Å². The minimum absolute atomic E-state index is 0.0575. The van der Waals surface area contributed by atoms with Gasteiger partial charge in [0.25, 0.3) is 0 Å². The summed E-state index contributed by atoms with van der Waals surface area (Å²) in [4.78, 5) is 14.3. The van der Waals surface area contributed by atoms with Crippen LogP contribution in [0.25, 0.3) is 0 Å². The highest BCUT2D eigenvalue weighted by Crippen LogP contribution is 2.24. The molecule has 0 aliphatic rings. The van der Waals surface area contributed by atoms with Gasteiger partial charge in [-0.25, -0.2) is 4.39 Å². The highest BCUT2D eigenvalue weighted by atomic mass is 79.9. The third-order valence-electron chi connectivity index (χ3n) is 2.21. The molecule has 0 fully saturated rings. The fourth-order valence-electron chi connectivity index (χ4n) is 1.32. The van der Waals surface area contributed by atoms with Crippen molar-refractivity contribution in [1.29, 1.82) is 0 Å². The van der Waals surface area contributed by atoms with E-state index in [4.69, 9.17) is 10.8 Å². The fourth-order valence-corrected chi connectivity index (χ4v) is 1.67. The summed E-state index contributed by atoms with van der Waals surface area (Å²) in [6.45, 7) is 4.06. The normalized spacial score (nSPS) is 10.6. The molecule has 0 atom stereocenters. The molecule has 0 aliphatic carbocycles. The van der Waals surface area contributed by atoms with E-state index in [0.29, 0.717) is 15.7 Å². The van der Waals surface area contributed by atoms with Gasteiger partial charge in [0.05, 0.1) is 17.4 Å². The second kappa shape index (κ2) is 9.30. The van der Waals surface area contributed by atoms with Gasteiger partial charge in [0.15, 0.2) is 0 Å². The third-order valence-corrected chi connectivity index (χ3v) is 2.82. The zero-order chi connectivity index (χ0) is 15.7. The maximum atomic E-state index is 13.4. The van der Waals surface area contributed by atoms with Gasteiger partial charge in [-0.1, -0.05) is 13.8 Å². The van der Waals surface area contributed by atoms with Crippen LogP contribution in [0.1, 0.15) is 25.8 Å². The molecule has 112 valence electrons. The van der Waals surface area contributed by atoms with Crippen molar-refractivity contribution in [2.45, 2.75) is 20.3 Å². The van der Waals surface area contributed by atoms with Crippen molar-refractivity contribution in [2.75, 3.05) is 18.9 Å². The average Bonchev–Trinajstić information content (AvgIpc) is 2.43. The Morgan fingerprint density at radius 2 is 2.10 bits per heavy atom. The number of aliphatic imine (C=N–C) groups is 1. The number of carboxylic acid groups (broad SMARTS) is 1. The van der Waals surface area contributed by atoms with Crippen LogP contribution in [-0.4, -0.2) is 30.5 Å². The van der Waals surface area contributed by atoms with E-state index in [0.717, 1.165) is 0 Å². The predicted octanol–water partition coefficient (Wildman–Crippen LogP) is 2.84. The number of nitrogens with zero attached hydrogens (tertiary/aromatic N) is 1. The number of rotatable bonds is 5. The molecule has 20 heavy (non-hydrogen) atoms. The number of carboxylic acids is 1. The topological polar surface area (TPSA) is 87.7 Å². The third kappa shape index (κ3) is 5.56. The molecule has 1 rings (SSSR count). The molecule has 0 spiro atoms. The summed E-state index contributed by atoms with van der Waals surface area (Å²) in [5.41, 5.74) is 6.73. The molecule has 0 saturated carbocycles. The highest BCUT2D eigenvalue weighted by Gasteiger charge is 2.10. The van der Waals surface area contributed by atoms with E-state index < -0.39 is 11.8 Å². The predicted molar refractivity (Wildman–Crippen MR) is 82.8 cm³/mol. The number of amidine groups is 1. The average molecular weight is 348 g/mol. The quantitative estimate of drug-likeness (QED) is 0.564. The van der Waals surface area contributed by atoms with Crippen LogP contribution in [-0.2, 0) is 4.79 Å². The number of nitrogens with two attached hydrogens (primary N) is 1. The molecule has 0 aromatic heterocycles. The van der Waals surface area contributed by atoms with Crippen molar-refractivity contribution in [1.82, 2.24) is 0 Å². The molecule has 0 saturated heterocycles. The maximum absolute atomic E-state index is 13.4. The van der Waals surface area contributed by atoms with Gasteiger partial charge in [-0.05, 0) is 28.1 Å². The van der Waals surface area contributed by atoms with Crippen molar-refractivity contribution < 1.29 is 14.3 Å². The number of aliphatic carboxylic acids is 1. The second-order valence-corrected chi connectivity index (χ2v) is 4.33. The van der Waals surface area contributed by atoms with Gasteiger partial charge in [-0.2, -0.15) is 0 Å². The lowest BCUT2D eigenvalue weighted by molar-refractivity contribution is -0.136. The Labute approximate surface area is 126 Å². The Morgan fingerprint density at radius 3 is 2.60 bits per heavy atom. The van der Waals surface area contributed by atoms with Crippen LogP contribution in [0.5, 0.6) is 0 Å². The summed E-state index contributed by atoms with van der Waals surface area (Å²) in [7, 11) is 1.67. The lowest BCUT2D eigenvalue weighted by atomic mass is 10.1. The van der Waals surface area contributed by atoms with E-state index in [2.05, 4.69) is 26.2 Å². The first-order chi connectivity index (χ1) is 9.45. The SMILES string of the molecule is CC.CNc1cc(Br)c(F)cc1C(N)=NCCC(=O)O. The van der Waals surface area contributed by atoms with E-state index in [1.165, 1.54) is 6.07 Å². The maximum Gasteiger partial charge on any atom is 0.305 e. The first kappa shape index (κ1) is 18.4. The van der Waals surface area contributed by atoms with Gasteiger partial charge in [0, 0.05) is 18.3 Å². The van der Waals surface area contributed by atoms with Crippen LogP contribution in [0.15, 0.2) is 21.6 Å². The monoisotopic (exact) mass is 347 g/mol. The van der Waals surface area contributed by atoms with Crippen LogP contribution in [0.2, 0.25) is 0 Å². The number of anilines is 1. The number of hydrogen-bond acceptors (Lipinski definition) is 3. The molecule has 0 bridgehead atoms. The Kier molecular flexibility index (Phi) is 8.54. The first-order valence-electron chi connectivity index (χ1n) is 6.14. The van der Waals surface area contributed by atoms with Crippen molar-refractivity contribution in [3.05, 3.63) is 28.0 Å². The molecule has 1 aromatic carbocycles. The smallest absolute Gasteiger partial charge is 0.305 e. The van der Waals surface area contributed by atoms with Gasteiger partial charge in [0.1, 0.15) is 11.7 Å². The Bertz CT molecular complexity index is 493. The van der Waals surface area contributed by atoms with Gasteiger partial charge >= 0.3 is 5.97 Å². The summed E-state index contributed by atoms with van der Waals surface area (Å²) in [5.74, 6) is -1.31. The van der Waals surface area contributed by atoms with Crippen molar-refractivity contribution in [3.8, 4) is 0 Å². The lowest BCUT2D eigenvalue weighted by Crippen LogP contribution is -2.17. The Morgan fingerprint density at radius 1 is 1.50 bits per heavy atom. The van der Waals surface area contributed by atoms with Gasteiger partial charge in [-0.3, -0.25) is 9.79 Å². The van der Waals surface area contributed by atoms with Crippen LogP contribution in [0.4, 0.5) is 10.1 Å². The van der Waals surface area contributed by atoms with Crippen molar-refractivity contribution in [3.63, 3.8) is 0 Å². The minimum atomic E-state index is -0.956. The number of nitrogens with one attached hydrogen (secondary N) is 1. The number of carbonyl (C=O) groups is 1. The molecule has 0 aliphatic heterocycles. The molecule has 0 radical (unpaired) electrons. The molecule has 1 aromatic rings. The summed E-state index contributed by atoms with van der Waals surface area (Å²) in [6.07, 6.45) is -0.116. The van der Waals surface area contributed by atoms with Crippen LogP contribution in [0.3, 0.4) is 0 Å². The molecule has 0 heterocycles. The molecular formula is C13H19BrFN3O2. The molecule has 4 N–H and O–H groups in total. The molecule has 5 nitrogen and oxygen atoms in total. The van der Waals surface area contributed by atoms with Crippen molar-refractivity contribution in [2.24, 2.45) is 10.7 Å². The number of hydrogen-bond donors (Lipinski definition) is 3. The number of halogens is 2. The number of benzene rings is 1. The molecule has 7 heteroatoms. The van der Waals surface area contributed by atoms with E-state index in [-0.39, 0.29) is 18.8 Å². The summed E-state index contributed by atoms with van der Waals surface area (Å²) in [5, 5.41) is 11.4. The van der Waals surface area contributed by atoms with Crippen molar-refractivity contribution >= 4 is 33.4 Å². The van der Waals surface area contributed by atoms with Crippen LogP contribution < -0.4 is 11.1 Å². The summed E-state index contributed by atoms with van der Waals surface area (Å²) >= 11 is 3.07. The van der Waals surface area contributed by atoms with E-state index in [9.17, 15) is 9.18 Å². The Hall–Kier alpha value is -1.63. The first-order valence-corrected chi connectivity index (χ1v) is 6.94. The van der Waals surface area contributed by atoms with Gasteiger partial charge in [-0.15, -0.1) is 0 Å². The van der Waals surface area contributed by atoms with Crippen LogP contribution in [0, 0.1) is 5.82 Å². The zero-order valence-corrected chi connectivity index (χ0v) is 13.3. The fraction of sp³-hybridized carbons (Fsp3) is 0.385. The van der Waals surface area contributed by atoms with E-state index in [1.807, 2.05) is 13.8 Å².